The van der Waals surface area contributed by atoms with Gasteiger partial charge in [0.05, 0.1) is 12.7 Å². The number of ether oxygens (including phenoxy) is 5. The van der Waals surface area contributed by atoms with E-state index >= 15 is 0 Å². The Kier molecular flexibility index (Phi) is 16.8. The third-order valence-corrected chi connectivity index (χ3v) is 11.7. The summed E-state index contributed by atoms with van der Waals surface area (Å²) in [4.78, 5) is 12.1. The Balaban J connectivity index is 0.000000183. The standard InChI is InChI=1S/C31H20Cl2O3.C20H14O4.C6H4Cl.BrH.Mg/c32-22-16-12-20(13-17-22)31(34,21-14-18-23(33)19-15-21)26-8-2-1-6-24(26)25-7-5-11-29-30(25)36-28-10-4-3-9-27(28)35-29;1-22-20(21)15-8-3-2-7-13(15)14-9-6-12-18-19(14)24-17-11-5-4-10-16(17)23-18;7-6-4-2-1-3-5-6;;/h1-19,34H;2-12H,1H3;2-5H;1H;/q;;-1;;+2/p-1. The molecule has 0 atom stereocenters. The molecule has 0 aliphatic carbocycles. The van der Waals surface area contributed by atoms with Crippen LogP contribution in [0.15, 0.2) is 206 Å². The second-order valence-electron chi connectivity index (χ2n) is 15.1. The van der Waals surface area contributed by atoms with E-state index in [9.17, 15) is 9.90 Å². The normalized spacial score (nSPS) is 11.3. The van der Waals surface area contributed by atoms with Gasteiger partial charge in [-0.1, -0.05) is 143 Å². The summed E-state index contributed by atoms with van der Waals surface area (Å²) in [6.07, 6.45) is 0. The predicted molar refractivity (Wildman–Crippen MR) is 269 cm³/mol. The molecule has 2 aliphatic rings. The number of fused-ring (bicyclic) bond motifs is 4. The Morgan fingerprint density at radius 2 is 0.841 bits per heavy atom. The topological polar surface area (TPSA) is 83.5 Å². The number of hydrogen-bond donors (Lipinski definition) is 1. The van der Waals surface area contributed by atoms with E-state index in [1.165, 1.54) is 7.11 Å². The SMILES string of the molecule is COC(=O)c1ccccc1-c1cccc2c1Oc1ccccc1O2.Clc1cc[c-]cc1.OC(c1ccc(Cl)cc1)(c1ccc(Cl)cc1)c1ccccc1-c1cccc2c1Oc1ccccc1O2.[Br-].[Mg+2]. The van der Waals surface area contributed by atoms with Gasteiger partial charge in [-0.25, -0.2) is 4.79 Å². The monoisotopic (exact) mass is 1040 g/mol. The van der Waals surface area contributed by atoms with Crippen LogP contribution >= 0.6 is 34.8 Å². The summed E-state index contributed by atoms with van der Waals surface area (Å²) in [7, 11) is 1.37. The second-order valence-corrected chi connectivity index (χ2v) is 16.4. The van der Waals surface area contributed by atoms with E-state index < -0.39 is 5.60 Å². The molecule has 0 radical (unpaired) electrons. The Morgan fingerprint density at radius 3 is 1.30 bits per heavy atom. The minimum absolute atomic E-state index is 0. The molecule has 0 saturated carbocycles. The van der Waals surface area contributed by atoms with E-state index in [1.54, 1.807) is 60.7 Å². The van der Waals surface area contributed by atoms with Crippen molar-refractivity contribution in [1.29, 1.82) is 0 Å². The van der Waals surface area contributed by atoms with Gasteiger partial charge in [0.25, 0.3) is 0 Å². The van der Waals surface area contributed by atoms with Gasteiger partial charge in [-0.3, -0.25) is 0 Å². The first kappa shape index (κ1) is 50.6. The predicted octanol–water partition coefficient (Wildman–Crippen LogP) is 12.6. The molecule has 0 amide bonds. The van der Waals surface area contributed by atoms with Crippen LogP contribution in [0, 0.1) is 6.07 Å². The number of halogens is 4. The van der Waals surface area contributed by atoms with E-state index in [-0.39, 0.29) is 46.0 Å². The van der Waals surface area contributed by atoms with Crippen molar-refractivity contribution in [2.24, 2.45) is 0 Å². The van der Waals surface area contributed by atoms with Crippen molar-refractivity contribution in [3.8, 4) is 68.2 Å². The molecule has 0 aromatic heterocycles. The van der Waals surface area contributed by atoms with E-state index in [0.29, 0.717) is 78.3 Å². The number of benzene rings is 9. The third-order valence-electron chi connectivity index (χ3n) is 11.0. The average molecular weight is 1050 g/mol. The average Bonchev–Trinajstić information content (AvgIpc) is 3.37. The quantitative estimate of drug-likeness (QED) is 0.0769. The van der Waals surface area contributed by atoms with Crippen LogP contribution in [0.25, 0.3) is 22.3 Å². The Morgan fingerprint density at radius 1 is 0.464 bits per heavy atom. The third kappa shape index (κ3) is 11.0. The smallest absolute Gasteiger partial charge is 1.00 e. The summed E-state index contributed by atoms with van der Waals surface area (Å²) in [5.41, 5.74) is 4.15. The molecule has 338 valence electrons. The van der Waals surface area contributed by atoms with E-state index in [4.69, 9.17) is 58.5 Å². The van der Waals surface area contributed by atoms with Crippen LogP contribution in [-0.4, -0.2) is 41.2 Å². The van der Waals surface area contributed by atoms with Gasteiger partial charge >= 0.3 is 29.0 Å². The van der Waals surface area contributed by atoms with Crippen LogP contribution in [0.5, 0.6) is 46.0 Å². The van der Waals surface area contributed by atoms with Crippen LogP contribution in [0.4, 0.5) is 0 Å². The minimum atomic E-state index is -1.50. The van der Waals surface area contributed by atoms with Crippen LogP contribution in [-0.2, 0) is 10.3 Å². The zero-order valence-electron chi connectivity index (χ0n) is 36.7. The van der Waals surface area contributed by atoms with Crippen molar-refractivity contribution in [3.05, 3.63) is 250 Å². The maximum absolute atomic E-state index is 12.6. The minimum Gasteiger partial charge on any atom is -1.00 e. The van der Waals surface area contributed by atoms with Crippen LogP contribution in [0.1, 0.15) is 27.0 Å². The maximum Gasteiger partial charge on any atom is 2.00 e. The van der Waals surface area contributed by atoms with Crippen molar-refractivity contribution in [3.63, 3.8) is 0 Å². The number of carbonyl (C=O) groups is 1. The number of hydrogen-bond acceptors (Lipinski definition) is 7. The zero-order valence-corrected chi connectivity index (χ0v) is 42.0. The molecule has 0 saturated heterocycles. The van der Waals surface area contributed by atoms with Gasteiger partial charge < -0.3 is 45.8 Å². The summed E-state index contributed by atoms with van der Waals surface area (Å²) in [5, 5.41) is 14.5. The summed E-state index contributed by atoms with van der Waals surface area (Å²) in [6, 6.07) is 65.9. The molecule has 12 heteroatoms. The molecule has 0 spiro atoms. The van der Waals surface area contributed by atoms with Gasteiger partial charge in [-0.05, 0) is 83.4 Å². The fourth-order valence-corrected chi connectivity index (χ4v) is 8.17. The summed E-state index contributed by atoms with van der Waals surface area (Å²) in [6.45, 7) is 0. The molecular formula is C57H38BrCl3MgO7. The van der Waals surface area contributed by atoms with E-state index in [0.717, 1.165) is 27.3 Å². The van der Waals surface area contributed by atoms with E-state index in [1.807, 2.05) is 146 Å². The van der Waals surface area contributed by atoms with Crippen molar-refractivity contribution in [2.75, 3.05) is 7.11 Å². The van der Waals surface area contributed by atoms with Gasteiger partial charge in [-0.15, -0.1) is 11.6 Å². The van der Waals surface area contributed by atoms with Crippen molar-refractivity contribution < 1.29 is 50.6 Å². The summed E-state index contributed by atoms with van der Waals surface area (Å²) >= 11 is 17.9. The van der Waals surface area contributed by atoms with Crippen LogP contribution in [0.2, 0.25) is 15.1 Å². The Labute approximate surface area is 441 Å². The summed E-state index contributed by atoms with van der Waals surface area (Å²) < 4.78 is 29.3. The van der Waals surface area contributed by atoms with Crippen molar-refractivity contribution in [2.45, 2.75) is 5.60 Å². The Bertz CT molecular complexity index is 3160. The largest absolute Gasteiger partial charge is 2.00 e. The number of aliphatic hydroxyl groups is 1. The Hall–Kier alpha value is -6.27. The first-order valence-electron chi connectivity index (χ1n) is 21.0. The van der Waals surface area contributed by atoms with Gasteiger partial charge in [0, 0.05) is 32.3 Å². The molecule has 11 rings (SSSR count). The molecule has 69 heavy (non-hydrogen) atoms. The number of methoxy groups -OCH3 is 1. The van der Waals surface area contributed by atoms with E-state index in [2.05, 4.69) is 6.07 Å². The second kappa shape index (κ2) is 22.9. The first-order valence-corrected chi connectivity index (χ1v) is 22.1. The van der Waals surface area contributed by atoms with Crippen LogP contribution < -0.4 is 35.9 Å². The molecule has 0 unspecified atom stereocenters. The fourth-order valence-electron chi connectivity index (χ4n) is 7.79. The molecule has 7 nitrogen and oxygen atoms in total. The van der Waals surface area contributed by atoms with Gasteiger partial charge in [0.1, 0.15) is 5.60 Å². The zero-order chi connectivity index (χ0) is 46.3. The molecule has 2 aliphatic heterocycles. The molecule has 9 aromatic carbocycles. The van der Waals surface area contributed by atoms with Crippen molar-refractivity contribution in [1.82, 2.24) is 0 Å². The molecule has 0 fully saturated rings. The maximum atomic E-state index is 12.6. The number of para-hydroxylation sites is 6. The summed E-state index contributed by atoms with van der Waals surface area (Å²) in [5.74, 6) is 4.64. The molecular weight excluding hydrogens is 1010 g/mol. The van der Waals surface area contributed by atoms with Gasteiger partial charge in [0.15, 0.2) is 46.0 Å². The molecule has 1 N–H and O–H groups in total. The number of carbonyl (C=O) groups excluding carboxylic acids is 1. The number of rotatable bonds is 6. The molecule has 0 bridgehead atoms. The van der Waals surface area contributed by atoms with Gasteiger partial charge in [0.2, 0.25) is 0 Å². The van der Waals surface area contributed by atoms with Crippen molar-refractivity contribution >= 4 is 63.8 Å². The number of esters is 1. The van der Waals surface area contributed by atoms with Gasteiger partial charge in [-0.2, -0.15) is 30.3 Å². The van der Waals surface area contributed by atoms with Crippen LogP contribution in [0.3, 0.4) is 0 Å². The molecule has 2 heterocycles. The fraction of sp³-hybridized carbons (Fsp3) is 0.0351. The molecule has 9 aromatic rings. The first-order chi connectivity index (χ1) is 32.7.